The highest BCUT2D eigenvalue weighted by atomic mass is 32.1. The second kappa shape index (κ2) is 14.3. The molecule has 8 aromatic carbocycles. The van der Waals surface area contributed by atoms with Crippen LogP contribution in [0.15, 0.2) is 194 Å². The minimum Gasteiger partial charge on any atom is -0.278 e. The standard InChI is InChI=1S/C55H32N6S2/c1-4-15-33(16-5-1)36-27-29-39-38-21-10-12-25-44(38)61(45(39)31-36)55-59-52(35-19-8-3-9-20-35)58-54(60-55)43-24-14-23-41-40-30-28-37(32-47(40)63-50(41)43)53-56-48(34-17-6-2-7-18-34)51-49(57-53)42-22-11-13-26-46(42)62-51/h1-32H. The summed E-state index contributed by atoms with van der Waals surface area (Å²) in [6.45, 7) is 0. The van der Waals surface area contributed by atoms with Crippen molar-refractivity contribution in [1.82, 2.24) is 29.5 Å². The molecule has 8 heteroatoms. The van der Waals surface area contributed by atoms with Crippen molar-refractivity contribution >= 4 is 85.0 Å². The minimum atomic E-state index is 0.568. The Labute approximate surface area is 369 Å². The molecule has 0 aliphatic rings. The highest BCUT2D eigenvalue weighted by molar-refractivity contribution is 7.26. The van der Waals surface area contributed by atoms with E-state index >= 15 is 0 Å². The maximum Gasteiger partial charge on any atom is 0.238 e. The summed E-state index contributed by atoms with van der Waals surface area (Å²) in [6.07, 6.45) is 0. The Balaban J connectivity index is 1.01. The first kappa shape index (κ1) is 35.8. The number of hydrogen-bond donors (Lipinski definition) is 0. The van der Waals surface area contributed by atoms with Gasteiger partial charge in [-0.3, -0.25) is 4.57 Å². The van der Waals surface area contributed by atoms with E-state index in [0.29, 0.717) is 23.4 Å². The number of aromatic nitrogens is 6. The Bertz CT molecular complexity index is 3910. The summed E-state index contributed by atoms with van der Waals surface area (Å²) in [6, 6.07) is 67.9. The SMILES string of the molecule is c1ccc(-c2ccc3c4ccccc4n(-c4nc(-c5ccccc5)nc(-c5cccc6c5sc5cc(-c7nc(-c8ccccc8)c8sc9ccccc9c8n7)ccc56)n4)c3c2)cc1. The van der Waals surface area contributed by atoms with E-state index in [1.807, 2.05) is 24.3 Å². The van der Waals surface area contributed by atoms with Crippen molar-refractivity contribution in [1.29, 1.82) is 0 Å². The van der Waals surface area contributed by atoms with Gasteiger partial charge in [0.25, 0.3) is 0 Å². The molecule has 0 bridgehead atoms. The average Bonchev–Trinajstić information content (AvgIpc) is 4.03. The smallest absolute Gasteiger partial charge is 0.238 e. The topological polar surface area (TPSA) is 69.4 Å². The third-order valence-corrected chi connectivity index (χ3v) is 14.3. The number of thiophene rings is 2. The summed E-state index contributed by atoms with van der Waals surface area (Å²) in [5.41, 5.74) is 10.2. The van der Waals surface area contributed by atoms with Gasteiger partial charge in [0.2, 0.25) is 5.95 Å². The number of hydrogen-bond acceptors (Lipinski definition) is 7. The van der Waals surface area contributed by atoms with Crippen LogP contribution < -0.4 is 0 Å². The lowest BCUT2D eigenvalue weighted by Crippen LogP contribution is -2.06. The predicted molar refractivity (Wildman–Crippen MR) is 263 cm³/mol. The number of benzene rings is 8. The molecule has 6 nitrogen and oxygen atoms in total. The molecule has 13 rings (SSSR count). The van der Waals surface area contributed by atoms with Crippen molar-refractivity contribution in [3.63, 3.8) is 0 Å². The van der Waals surface area contributed by atoms with Gasteiger partial charge in [-0.25, -0.2) is 15.0 Å². The van der Waals surface area contributed by atoms with Crippen molar-refractivity contribution in [2.45, 2.75) is 0 Å². The molecular formula is C55H32N6S2. The molecule has 5 heterocycles. The van der Waals surface area contributed by atoms with Crippen LogP contribution >= 0.6 is 22.7 Å². The maximum atomic E-state index is 5.38. The molecule has 63 heavy (non-hydrogen) atoms. The predicted octanol–water partition coefficient (Wildman–Crippen LogP) is 14.8. The molecule has 0 atom stereocenters. The maximum absolute atomic E-state index is 5.38. The van der Waals surface area contributed by atoms with Crippen LogP contribution in [0.2, 0.25) is 0 Å². The fourth-order valence-corrected chi connectivity index (χ4v) is 11.3. The Kier molecular flexibility index (Phi) is 8.15. The van der Waals surface area contributed by atoms with Crippen LogP contribution in [0, 0.1) is 0 Å². The minimum absolute atomic E-state index is 0.568. The molecule has 0 radical (unpaired) electrons. The Morgan fingerprint density at radius 2 is 0.952 bits per heavy atom. The molecular weight excluding hydrogens is 809 g/mol. The third-order valence-electron chi connectivity index (χ3n) is 11.9. The van der Waals surface area contributed by atoms with Crippen LogP contribution in [0.3, 0.4) is 0 Å². The van der Waals surface area contributed by atoms with Gasteiger partial charge >= 0.3 is 0 Å². The van der Waals surface area contributed by atoms with E-state index in [1.54, 1.807) is 22.7 Å². The molecule has 0 unspecified atom stereocenters. The van der Waals surface area contributed by atoms with Gasteiger partial charge in [0.1, 0.15) is 0 Å². The summed E-state index contributed by atoms with van der Waals surface area (Å²) in [5.74, 6) is 2.51. The largest absolute Gasteiger partial charge is 0.278 e. The summed E-state index contributed by atoms with van der Waals surface area (Å²) in [4.78, 5) is 26.4. The Morgan fingerprint density at radius 1 is 0.333 bits per heavy atom. The molecule has 13 aromatic rings. The van der Waals surface area contributed by atoms with E-state index in [9.17, 15) is 0 Å². The van der Waals surface area contributed by atoms with Crippen molar-refractivity contribution in [3.05, 3.63) is 194 Å². The first-order chi connectivity index (χ1) is 31.2. The first-order valence-corrected chi connectivity index (χ1v) is 22.5. The van der Waals surface area contributed by atoms with Crippen LogP contribution in [0.1, 0.15) is 0 Å². The van der Waals surface area contributed by atoms with E-state index in [1.165, 1.54) is 10.1 Å². The van der Waals surface area contributed by atoms with Gasteiger partial charge in [-0.2, -0.15) is 9.97 Å². The lowest BCUT2D eigenvalue weighted by Gasteiger charge is -2.12. The zero-order valence-electron chi connectivity index (χ0n) is 33.5. The fraction of sp³-hybridized carbons (Fsp3) is 0. The Morgan fingerprint density at radius 3 is 1.78 bits per heavy atom. The molecule has 0 fully saturated rings. The van der Waals surface area contributed by atoms with Gasteiger partial charge in [-0.1, -0.05) is 164 Å². The molecule has 0 saturated heterocycles. The average molecular weight is 841 g/mol. The molecule has 0 aliphatic heterocycles. The summed E-state index contributed by atoms with van der Waals surface area (Å²) in [7, 11) is 0. The molecule has 0 saturated carbocycles. The van der Waals surface area contributed by atoms with E-state index in [0.717, 1.165) is 91.3 Å². The van der Waals surface area contributed by atoms with Crippen LogP contribution in [-0.4, -0.2) is 29.5 Å². The third kappa shape index (κ3) is 5.87. The number of rotatable bonds is 6. The summed E-state index contributed by atoms with van der Waals surface area (Å²) in [5, 5.41) is 5.75. The second-order valence-corrected chi connectivity index (χ2v) is 17.7. The fourth-order valence-electron chi connectivity index (χ4n) is 8.92. The van der Waals surface area contributed by atoms with E-state index in [-0.39, 0.29) is 0 Å². The highest BCUT2D eigenvalue weighted by Gasteiger charge is 2.22. The molecule has 0 amide bonds. The monoisotopic (exact) mass is 840 g/mol. The second-order valence-electron chi connectivity index (χ2n) is 15.6. The van der Waals surface area contributed by atoms with Crippen LogP contribution in [0.25, 0.3) is 125 Å². The zero-order valence-corrected chi connectivity index (χ0v) is 35.1. The highest BCUT2D eigenvalue weighted by Crippen LogP contribution is 2.43. The zero-order chi connectivity index (χ0) is 41.4. The van der Waals surface area contributed by atoms with Crippen molar-refractivity contribution in [2.24, 2.45) is 0 Å². The molecule has 0 spiro atoms. The number of nitrogens with zero attached hydrogens (tertiary/aromatic N) is 6. The molecule has 0 N–H and O–H groups in total. The van der Waals surface area contributed by atoms with E-state index in [2.05, 4.69) is 174 Å². The van der Waals surface area contributed by atoms with Crippen molar-refractivity contribution in [3.8, 4) is 62.5 Å². The van der Waals surface area contributed by atoms with Gasteiger partial charge in [-0.15, -0.1) is 22.7 Å². The van der Waals surface area contributed by atoms with Gasteiger partial charge in [0, 0.05) is 63.3 Å². The number of fused-ring (bicyclic) bond motifs is 9. The van der Waals surface area contributed by atoms with Crippen molar-refractivity contribution in [2.75, 3.05) is 0 Å². The molecule has 5 aromatic heterocycles. The van der Waals surface area contributed by atoms with Gasteiger partial charge in [0.15, 0.2) is 17.5 Å². The normalized spacial score (nSPS) is 11.8. The lowest BCUT2D eigenvalue weighted by atomic mass is 10.0. The molecule has 294 valence electrons. The van der Waals surface area contributed by atoms with Crippen LogP contribution in [0.4, 0.5) is 0 Å². The van der Waals surface area contributed by atoms with Crippen LogP contribution in [-0.2, 0) is 0 Å². The van der Waals surface area contributed by atoms with E-state index < -0.39 is 0 Å². The van der Waals surface area contributed by atoms with E-state index in [4.69, 9.17) is 24.9 Å². The first-order valence-electron chi connectivity index (χ1n) is 20.8. The van der Waals surface area contributed by atoms with Gasteiger partial charge in [-0.05, 0) is 41.5 Å². The quantitative estimate of drug-likeness (QED) is 0.167. The molecule has 0 aliphatic carbocycles. The Hall–Kier alpha value is -7.91. The van der Waals surface area contributed by atoms with Crippen LogP contribution in [0.5, 0.6) is 0 Å². The lowest BCUT2D eigenvalue weighted by molar-refractivity contribution is 0.954. The van der Waals surface area contributed by atoms with Gasteiger partial charge in [0.05, 0.1) is 26.9 Å². The summed E-state index contributed by atoms with van der Waals surface area (Å²) >= 11 is 3.50. The van der Waals surface area contributed by atoms with Gasteiger partial charge < -0.3 is 0 Å². The van der Waals surface area contributed by atoms with Crippen molar-refractivity contribution < 1.29 is 0 Å². The summed E-state index contributed by atoms with van der Waals surface area (Å²) < 4.78 is 6.75. The number of para-hydroxylation sites is 1.